The van der Waals surface area contributed by atoms with Gasteiger partial charge in [0.05, 0.1) is 0 Å². The van der Waals surface area contributed by atoms with Crippen LogP contribution >= 0.6 is 24.0 Å². The fourth-order valence-corrected chi connectivity index (χ4v) is 2.26. The summed E-state index contributed by atoms with van der Waals surface area (Å²) < 4.78 is 54.9. The summed E-state index contributed by atoms with van der Waals surface area (Å²) in [4.78, 5) is 7.88. The molecule has 0 aliphatic carbocycles. The summed E-state index contributed by atoms with van der Waals surface area (Å²) >= 11 is 0. The summed E-state index contributed by atoms with van der Waals surface area (Å²) in [6.45, 7) is -0.716. The van der Waals surface area contributed by atoms with Gasteiger partial charge >= 0.3 is 6.18 Å². The summed E-state index contributed by atoms with van der Waals surface area (Å²) in [6.07, 6.45) is -2.48. The molecule has 1 aromatic carbocycles. The monoisotopic (exact) mass is 512 g/mol. The molecule has 1 heterocycles. The Morgan fingerprint density at radius 1 is 1.18 bits per heavy atom. The van der Waals surface area contributed by atoms with Gasteiger partial charge in [0.15, 0.2) is 12.6 Å². The number of rotatable bonds is 7. The molecule has 0 aliphatic heterocycles. The number of alkyl halides is 3. The van der Waals surface area contributed by atoms with Gasteiger partial charge in [-0.2, -0.15) is 13.2 Å². The summed E-state index contributed by atoms with van der Waals surface area (Å²) in [5, 5.41) is 6.04. The van der Waals surface area contributed by atoms with Crippen LogP contribution in [0.25, 0.3) is 0 Å². The van der Waals surface area contributed by atoms with Crippen LogP contribution < -0.4 is 15.4 Å². The zero-order valence-corrected chi connectivity index (χ0v) is 17.4. The largest absolute Gasteiger partial charge is 0.468 e. The average molecular weight is 512 g/mol. The Morgan fingerprint density at radius 2 is 1.96 bits per heavy atom. The van der Waals surface area contributed by atoms with Crippen LogP contribution in [0.4, 0.5) is 17.6 Å². The van der Waals surface area contributed by atoms with E-state index in [0.717, 1.165) is 5.56 Å². The summed E-state index contributed by atoms with van der Waals surface area (Å²) in [5.41, 5.74) is 1.31. The molecule has 0 amide bonds. The van der Waals surface area contributed by atoms with Crippen LogP contribution in [-0.2, 0) is 13.0 Å². The van der Waals surface area contributed by atoms with Gasteiger partial charge in [-0.3, -0.25) is 4.99 Å². The first-order chi connectivity index (χ1) is 12.9. The van der Waals surface area contributed by atoms with Crippen LogP contribution in [0.1, 0.15) is 11.1 Å². The van der Waals surface area contributed by atoms with E-state index >= 15 is 0 Å². The van der Waals surface area contributed by atoms with E-state index in [-0.39, 0.29) is 42.2 Å². The van der Waals surface area contributed by atoms with Gasteiger partial charge in [0.2, 0.25) is 5.88 Å². The molecule has 0 saturated heterocycles. The maximum absolute atomic E-state index is 13.2. The van der Waals surface area contributed by atoms with E-state index in [1.54, 1.807) is 25.2 Å². The standard InChI is InChI=1S/C18H20F4N4O.HI/c1-23-17(25-9-7-13-4-2-6-15(19)10-13)26-11-14-5-3-8-24-16(14)27-12-18(20,21)22;/h2-6,8,10H,7,9,11-12H2,1H3,(H2,23,25,26);1H. The van der Waals surface area contributed by atoms with Crippen LogP contribution in [0.5, 0.6) is 5.88 Å². The maximum atomic E-state index is 13.2. The third-order valence-electron chi connectivity index (χ3n) is 3.49. The van der Waals surface area contributed by atoms with Crippen molar-refractivity contribution in [2.75, 3.05) is 20.2 Å². The Bertz CT molecular complexity index is 771. The fraction of sp³-hybridized carbons (Fsp3) is 0.333. The van der Waals surface area contributed by atoms with E-state index in [9.17, 15) is 17.6 Å². The second-order valence-corrected chi connectivity index (χ2v) is 5.60. The number of hydrogen-bond donors (Lipinski definition) is 2. The summed E-state index contributed by atoms with van der Waals surface area (Å²) in [7, 11) is 1.57. The molecule has 0 atom stereocenters. The van der Waals surface area contributed by atoms with Gasteiger partial charge in [-0.05, 0) is 30.2 Å². The summed E-state index contributed by atoms with van der Waals surface area (Å²) in [6, 6.07) is 9.52. The zero-order valence-electron chi connectivity index (χ0n) is 15.1. The lowest BCUT2D eigenvalue weighted by Gasteiger charge is -2.14. The molecule has 10 heteroatoms. The fourth-order valence-electron chi connectivity index (χ4n) is 2.26. The van der Waals surface area contributed by atoms with Crippen molar-refractivity contribution in [2.24, 2.45) is 4.99 Å². The van der Waals surface area contributed by atoms with Crippen molar-refractivity contribution in [1.29, 1.82) is 0 Å². The second kappa shape index (κ2) is 11.7. The molecule has 1 aromatic heterocycles. The zero-order chi connectivity index (χ0) is 19.7. The third kappa shape index (κ3) is 8.72. The predicted octanol–water partition coefficient (Wildman–Crippen LogP) is 3.69. The number of benzene rings is 1. The highest BCUT2D eigenvalue weighted by Crippen LogP contribution is 2.19. The number of ether oxygens (including phenoxy) is 1. The van der Waals surface area contributed by atoms with Crippen molar-refractivity contribution in [3.05, 3.63) is 59.5 Å². The van der Waals surface area contributed by atoms with Crippen molar-refractivity contribution in [1.82, 2.24) is 15.6 Å². The van der Waals surface area contributed by atoms with Crippen LogP contribution in [0.15, 0.2) is 47.6 Å². The predicted molar refractivity (Wildman–Crippen MR) is 110 cm³/mol. The molecule has 0 radical (unpaired) electrons. The van der Waals surface area contributed by atoms with Gasteiger partial charge in [0.25, 0.3) is 0 Å². The highest BCUT2D eigenvalue weighted by molar-refractivity contribution is 14.0. The minimum atomic E-state index is -4.43. The highest BCUT2D eigenvalue weighted by Gasteiger charge is 2.29. The van der Waals surface area contributed by atoms with Gasteiger partial charge in [0.1, 0.15) is 5.82 Å². The van der Waals surface area contributed by atoms with Crippen LogP contribution in [0.3, 0.4) is 0 Å². The quantitative estimate of drug-likeness (QED) is 0.257. The Morgan fingerprint density at radius 3 is 2.64 bits per heavy atom. The topological polar surface area (TPSA) is 58.5 Å². The van der Waals surface area contributed by atoms with E-state index in [4.69, 9.17) is 4.74 Å². The van der Waals surface area contributed by atoms with E-state index in [2.05, 4.69) is 20.6 Å². The molecule has 28 heavy (non-hydrogen) atoms. The molecule has 0 aliphatic rings. The van der Waals surface area contributed by atoms with Crippen molar-refractivity contribution in [3.63, 3.8) is 0 Å². The van der Waals surface area contributed by atoms with Crippen LogP contribution in [-0.4, -0.2) is 37.3 Å². The number of pyridine rings is 1. The molecular formula is C18H21F4IN4O. The number of aromatic nitrogens is 1. The lowest BCUT2D eigenvalue weighted by molar-refractivity contribution is -0.154. The number of nitrogens with one attached hydrogen (secondary N) is 2. The molecule has 2 aromatic rings. The molecule has 0 spiro atoms. The SMILES string of the molecule is CN=C(NCCc1cccc(F)c1)NCc1cccnc1OCC(F)(F)F.I. The number of hydrogen-bond acceptors (Lipinski definition) is 3. The Labute approximate surface area is 177 Å². The van der Waals surface area contributed by atoms with Crippen molar-refractivity contribution in [2.45, 2.75) is 19.1 Å². The van der Waals surface area contributed by atoms with Crippen molar-refractivity contribution in [3.8, 4) is 5.88 Å². The Hall–Kier alpha value is -2.11. The smallest absolute Gasteiger partial charge is 0.422 e. The average Bonchev–Trinajstić information content (AvgIpc) is 2.63. The first-order valence-corrected chi connectivity index (χ1v) is 8.20. The minimum absolute atomic E-state index is 0. The number of halogens is 5. The molecule has 0 bridgehead atoms. The Balaban J connectivity index is 0.00000392. The first kappa shape index (κ1) is 23.9. The van der Waals surface area contributed by atoms with Crippen molar-refractivity contribution < 1.29 is 22.3 Å². The number of nitrogens with zero attached hydrogens (tertiary/aromatic N) is 2. The lowest BCUT2D eigenvalue weighted by Crippen LogP contribution is -2.38. The highest BCUT2D eigenvalue weighted by atomic mass is 127. The minimum Gasteiger partial charge on any atom is -0.468 e. The molecule has 154 valence electrons. The van der Waals surface area contributed by atoms with Gasteiger partial charge in [0, 0.05) is 31.9 Å². The molecule has 2 rings (SSSR count). The van der Waals surface area contributed by atoms with E-state index in [1.165, 1.54) is 18.3 Å². The van der Waals surface area contributed by atoms with E-state index in [0.29, 0.717) is 24.5 Å². The number of guanidine groups is 1. The van der Waals surface area contributed by atoms with Gasteiger partial charge in [-0.25, -0.2) is 9.37 Å². The van der Waals surface area contributed by atoms with Gasteiger partial charge in [-0.1, -0.05) is 18.2 Å². The molecule has 0 fully saturated rings. The second-order valence-electron chi connectivity index (χ2n) is 5.60. The van der Waals surface area contributed by atoms with Crippen LogP contribution in [0, 0.1) is 5.82 Å². The van der Waals surface area contributed by atoms with Crippen LogP contribution in [0.2, 0.25) is 0 Å². The molecular weight excluding hydrogens is 491 g/mol. The van der Waals surface area contributed by atoms with E-state index < -0.39 is 12.8 Å². The van der Waals surface area contributed by atoms with Gasteiger partial charge < -0.3 is 15.4 Å². The first-order valence-electron chi connectivity index (χ1n) is 8.20. The van der Waals surface area contributed by atoms with Gasteiger partial charge in [-0.15, -0.1) is 24.0 Å². The van der Waals surface area contributed by atoms with E-state index in [1.807, 2.05) is 6.07 Å². The number of aliphatic imine (C=N–C) groups is 1. The molecule has 2 N–H and O–H groups in total. The molecule has 0 unspecified atom stereocenters. The molecule has 5 nitrogen and oxygen atoms in total. The Kier molecular flexibility index (Phi) is 9.97. The third-order valence-corrected chi connectivity index (χ3v) is 3.49. The normalized spacial score (nSPS) is 11.5. The molecule has 0 saturated carbocycles. The maximum Gasteiger partial charge on any atom is 0.422 e. The lowest BCUT2D eigenvalue weighted by atomic mass is 10.1. The summed E-state index contributed by atoms with van der Waals surface area (Å²) in [5.74, 6) is 0.0764. The van der Waals surface area contributed by atoms with Crippen molar-refractivity contribution >= 4 is 29.9 Å².